The Morgan fingerprint density at radius 2 is 1.80 bits per heavy atom. The molecule has 35 heavy (non-hydrogen) atoms. The van der Waals surface area contributed by atoms with Crippen LogP contribution in [-0.2, 0) is 16.0 Å². The molecule has 4 rings (SSSR count). The molecular weight excluding hydrogens is 444 g/mol. The minimum Gasteiger partial charge on any atom is -0.492 e. The molecule has 1 unspecified atom stereocenters. The monoisotopic (exact) mass is 474 g/mol. The van der Waals surface area contributed by atoms with E-state index < -0.39 is 6.10 Å². The van der Waals surface area contributed by atoms with Gasteiger partial charge in [-0.1, -0.05) is 31.2 Å². The van der Waals surface area contributed by atoms with Gasteiger partial charge < -0.3 is 24.4 Å². The predicted octanol–water partition coefficient (Wildman–Crippen LogP) is 4.77. The van der Waals surface area contributed by atoms with Gasteiger partial charge in [-0.25, -0.2) is 0 Å². The van der Waals surface area contributed by atoms with E-state index in [0.717, 1.165) is 23.3 Å². The van der Waals surface area contributed by atoms with Gasteiger partial charge in [0.15, 0.2) is 12.7 Å². The Bertz CT molecular complexity index is 1210. The highest BCUT2D eigenvalue weighted by atomic mass is 16.5. The number of hydrogen-bond acceptors (Lipinski definition) is 5. The number of carbonyl (C=O) groups excluding carboxylic acids is 2. The van der Waals surface area contributed by atoms with Crippen LogP contribution in [0.5, 0.6) is 17.2 Å². The van der Waals surface area contributed by atoms with Crippen LogP contribution in [0.15, 0.2) is 66.7 Å². The summed E-state index contributed by atoms with van der Waals surface area (Å²) in [5, 5.41) is 2.84. The number of carbonyl (C=O) groups is 2. The number of ether oxygens (including phenoxy) is 3. The van der Waals surface area contributed by atoms with E-state index in [2.05, 4.69) is 12.2 Å². The van der Waals surface area contributed by atoms with Crippen LogP contribution in [0.4, 0.5) is 11.4 Å². The number of hydrogen-bond donors (Lipinski definition) is 1. The molecule has 7 nitrogen and oxygen atoms in total. The summed E-state index contributed by atoms with van der Waals surface area (Å²) >= 11 is 0. The van der Waals surface area contributed by atoms with Gasteiger partial charge in [0.1, 0.15) is 23.9 Å². The summed E-state index contributed by atoms with van der Waals surface area (Å²) in [5.41, 5.74) is 3.39. The molecule has 3 aromatic rings. The third kappa shape index (κ3) is 6.12. The van der Waals surface area contributed by atoms with Gasteiger partial charge in [-0.3, -0.25) is 9.59 Å². The Morgan fingerprint density at radius 1 is 1.03 bits per heavy atom. The lowest BCUT2D eigenvalue weighted by atomic mass is 10.1. The zero-order chi connectivity index (χ0) is 24.8. The van der Waals surface area contributed by atoms with Crippen LogP contribution in [0.25, 0.3) is 0 Å². The highest BCUT2D eigenvalue weighted by Gasteiger charge is 2.31. The maximum atomic E-state index is 12.9. The summed E-state index contributed by atoms with van der Waals surface area (Å²) < 4.78 is 17.3. The highest BCUT2D eigenvalue weighted by Crippen LogP contribution is 2.36. The fourth-order valence-corrected chi connectivity index (χ4v) is 3.88. The SMILES string of the molecule is CCc1cccc(OCC(=O)Nc2ccc3c(c2)N(CCOc2cccc(C)c2)C(=O)C(C)O3)c1. The fourth-order valence-electron chi connectivity index (χ4n) is 3.88. The Balaban J connectivity index is 1.41. The van der Waals surface area contributed by atoms with Crippen molar-refractivity contribution in [1.29, 1.82) is 0 Å². The van der Waals surface area contributed by atoms with Crippen LogP contribution in [0.1, 0.15) is 25.0 Å². The Morgan fingerprint density at radius 3 is 2.57 bits per heavy atom. The minimum atomic E-state index is -0.603. The Kier molecular flexibility index (Phi) is 7.55. The maximum absolute atomic E-state index is 12.9. The molecule has 0 saturated heterocycles. The van der Waals surface area contributed by atoms with Gasteiger partial charge >= 0.3 is 0 Å². The molecule has 0 radical (unpaired) electrons. The van der Waals surface area contributed by atoms with E-state index in [1.54, 1.807) is 30.0 Å². The lowest BCUT2D eigenvalue weighted by molar-refractivity contribution is -0.125. The van der Waals surface area contributed by atoms with E-state index in [1.807, 2.05) is 55.5 Å². The second-order valence-corrected chi connectivity index (χ2v) is 8.44. The van der Waals surface area contributed by atoms with E-state index >= 15 is 0 Å². The number of nitrogens with one attached hydrogen (secondary N) is 1. The van der Waals surface area contributed by atoms with Crippen LogP contribution in [0.3, 0.4) is 0 Å². The largest absolute Gasteiger partial charge is 0.492 e. The van der Waals surface area contributed by atoms with Crippen LogP contribution < -0.4 is 24.4 Å². The van der Waals surface area contributed by atoms with E-state index in [9.17, 15) is 9.59 Å². The maximum Gasteiger partial charge on any atom is 0.267 e. The second kappa shape index (κ2) is 11.0. The van der Waals surface area contributed by atoms with Gasteiger partial charge in [0.05, 0.1) is 12.2 Å². The van der Waals surface area contributed by atoms with Crippen LogP contribution >= 0.6 is 0 Å². The summed E-state index contributed by atoms with van der Waals surface area (Å²) in [6.45, 7) is 6.34. The normalized spacial score (nSPS) is 14.7. The number of fused-ring (bicyclic) bond motifs is 1. The van der Waals surface area contributed by atoms with Crippen LogP contribution in [0, 0.1) is 6.92 Å². The van der Waals surface area contributed by atoms with Gasteiger partial charge in [0.2, 0.25) is 0 Å². The molecule has 0 aliphatic carbocycles. The molecule has 1 heterocycles. The molecule has 1 N–H and O–H groups in total. The topological polar surface area (TPSA) is 77.1 Å². The molecular formula is C28H30N2O5. The Labute approximate surface area is 205 Å². The number of rotatable bonds is 9. The van der Waals surface area contributed by atoms with Crippen molar-refractivity contribution in [3.8, 4) is 17.2 Å². The first-order valence-corrected chi connectivity index (χ1v) is 11.8. The fraction of sp³-hybridized carbons (Fsp3) is 0.286. The van der Waals surface area contributed by atoms with E-state index in [4.69, 9.17) is 14.2 Å². The number of nitrogens with zero attached hydrogens (tertiary/aromatic N) is 1. The average molecular weight is 475 g/mol. The third-order valence-electron chi connectivity index (χ3n) is 5.70. The van der Waals surface area contributed by atoms with Gasteiger partial charge in [-0.05, 0) is 73.9 Å². The lowest BCUT2D eigenvalue weighted by Crippen LogP contribution is -2.46. The summed E-state index contributed by atoms with van der Waals surface area (Å²) in [6, 6.07) is 20.7. The molecule has 3 aromatic carbocycles. The molecule has 1 atom stereocenters. The van der Waals surface area contributed by atoms with Crippen molar-refractivity contribution in [2.45, 2.75) is 33.3 Å². The van der Waals surface area contributed by atoms with Crippen molar-refractivity contribution in [3.63, 3.8) is 0 Å². The highest BCUT2D eigenvalue weighted by molar-refractivity contribution is 6.01. The van der Waals surface area contributed by atoms with Gasteiger partial charge in [0.25, 0.3) is 11.8 Å². The number of anilines is 2. The minimum absolute atomic E-state index is 0.120. The van der Waals surface area contributed by atoms with Gasteiger partial charge in [-0.2, -0.15) is 0 Å². The van der Waals surface area contributed by atoms with Crippen molar-refractivity contribution >= 4 is 23.2 Å². The Hall–Kier alpha value is -4.00. The summed E-state index contributed by atoms with van der Waals surface area (Å²) in [5.74, 6) is 1.53. The summed E-state index contributed by atoms with van der Waals surface area (Å²) in [4.78, 5) is 27.0. The van der Waals surface area contributed by atoms with Gasteiger partial charge in [0, 0.05) is 5.69 Å². The quantitative estimate of drug-likeness (QED) is 0.484. The van der Waals surface area contributed by atoms with E-state index in [0.29, 0.717) is 36.0 Å². The molecule has 0 spiro atoms. The molecule has 1 aliphatic heterocycles. The van der Waals surface area contributed by atoms with Crippen molar-refractivity contribution in [2.24, 2.45) is 0 Å². The van der Waals surface area contributed by atoms with Crippen molar-refractivity contribution in [1.82, 2.24) is 0 Å². The van der Waals surface area contributed by atoms with Crippen molar-refractivity contribution in [3.05, 3.63) is 77.9 Å². The van der Waals surface area contributed by atoms with Crippen molar-refractivity contribution < 1.29 is 23.8 Å². The standard InChI is InChI=1S/C28H30N2O5/c1-4-21-8-6-10-24(16-21)34-18-27(31)29-22-11-12-26-25(17-22)30(28(32)20(3)35-26)13-14-33-23-9-5-7-19(2)15-23/h5-12,15-17,20H,4,13-14,18H2,1-3H3,(H,29,31). The van der Waals surface area contributed by atoms with Crippen molar-refractivity contribution in [2.75, 3.05) is 30.0 Å². The first-order chi connectivity index (χ1) is 16.9. The third-order valence-corrected chi connectivity index (χ3v) is 5.70. The van der Waals surface area contributed by atoms with E-state index in [-0.39, 0.29) is 18.4 Å². The first kappa shape index (κ1) is 24.1. The molecule has 2 amide bonds. The molecule has 0 fully saturated rings. The molecule has 182 valence electrons. The molecule has 0 bridgehead atoms. The van der Waals surface area contributed by atoms with Crippen LogP contribution in [0.2, 0.25) is 0 Å². The summed E-state index contributed by atoms with van der Waals surface area (Å²) in [6.07, 6.45) is 0.291. The lowest BCUT2D eigenvalue weighted by Gasteiger charge is -2.33. The zero-order valence-electron chi connectivity index (χ0n) is 20.2. The number of benzene rings is 3. The molecule has 0 aromatic heterocycles. The van der Waals surface area contributed by atoms with Gasteiger partial charge in [-0.15, -0.1) is 0 Å². The molecule has 1 aliphatic rings. The number of aryl methyl sites for hydroxylation is 2. The van der Waals surface area contributed by atoms with E-state index in [1.165, 1.54) is 0 Å². The van der Waals surface area contributed by atoms with Crippen LogP contribution in [-0.4, -0.2) is 37.7 Å². The molecule has 7 heteroatoms. The molecule has 0 saturated carbocycles. The second-order valence-electron chi connectivity index (χ2n) is 8.44. The first-order valence-electron chi connectivity index (χ1n) is 11.8. The zero-order valence-corrected chi connectivity index (χ0v) is 20.2. The smallest absolute Gasteiger partial charge is 0.267 e. The predicted molar refractivity (Wildman–Crippen MR) is 136 cm³/mol. The average Bonchev–Trinajstić information content (AvgIpc) is 2.85. The number of amides is 2. The summed E-state index contributed by atoms with van der Waals surface area (Å²) in [7, 11) is 0.